The molecule has 1 aromatic carbocycles. The molecule has 0 aliphatic rings. The van der Waals surface area contributed by atoms with Gasteiger partial charge in [-0.3, -0.25) is 4.57 Å². The second-order valence-electron chi connectivity index (χ2n) is 6.54. The average Bonchev–Trinajstić information content (AvgIpc) is 2.74. The van der Waals surface area contributed by atoms with Crippen LogP contribution in [0.4, 0.5) is 4.79 Å². The van der Waals surface area contributed by atoms with Crippen LogP contribution in [-0.4, -0.2) is 22.3 Å². The van der Waals surface area contributed by atoms with Gasteiger partial charge in [-0.25, -0.2) is 4.79 Å². The molecule has 0 bridgehead atoms. The molecule has 0 fully saturated rings. The van der Waals surface area contributed by atoms with Gasteiger partial charge in [0.25, 0.3) is 0 Å². The number of fused-ring (bicyclic) bond motifs is 1. The summed E-state index contributed by atoms with van der Waals surface area (Å²) in [4.78, 5) is 12.3. The molecule has 0 saturated carbocycles. The molecule has 0 aliphatic carbocycles. The van der Waals surface area contributed by atoms with E-state index < -0.39 is 11.7 Å². The number of nitrogens with zero attached hydrogens (tertiary/aromatic N) is 2. The second kappa shape index (κ2) is 5.82. The number of hydrogen-bond donors (Lipinski definition) is 1. The van der Waals surface area contributed by atoms with Crippen LogP contribution < -0.4 is 5.73 Å². The lowest BCUT2D eigenvalue weighted by molar-refractivity contribution is 0.0544. The van der Waals surface area contributed by atoms with Crippen molar-refractivity contribution >= 4 is 17.0 Å². The number of rotatable bonds is 2. The number of nitrogens with two attached hydrogens (primary N) is 1. The van der Waals surface area contributed by atoms with Crippen molar-refractivity contribution in [1.29, 1.82) is 5.26 Å². The molecule has 0 spiro atoms. The number of carbonyl (C=O) groups is 1. The molecule has 1 heterocycles. The minimum Gasteiger partial charge on any atom is -0.443 e. The smallest absolute Gasteiger partial charge is 0.419 e. The summed E-state index contributed by atoms with van der Waals surface area (Å²) in [5.74, 6) is 0. The van der Waals surface area contributed by atoms with Crippen LogP contribution in [0.15, 0.2) is 24.4 Å². The third kappa shape index (κ3) is 3.46. The molecule has 22 heavy (non-hydrogen) atoms. The highest BCUT2D eigenvalue weighted by Gasteiger charge is 2.21. The zero-order valence-electron chi connectivity index (χ0n) is 13.4. The predicted molar refractivity (Wildman–Crippen MR) is 85.6 cm³/mol. The summed E-state index contributed by atoms with van der Waals surface area (Å²) in [6.45, 7) is 7.36. The van der Waals surface area contributed by atoms with Gasteiger partial charge >= 0.3 is 6.09 Å². The van der Waals surface area contributed by atoms with Gasteiger partial charge in [0.15, 0.2) is 0 Å². The van der Waals surface area contributed by atoms with Crippen molar-refractivity contribution < 1.29 is 9.53 Å². The molecular formula is C17H21N3O2. The van der Waals surface area contributed by atoms with Gasteiger partial charge in [0, 0.05) is 17.6 Å². The number of benzene rings is 1. The fourth-order valence-electron chi connectivity index (χ4n) is 2.33. The van der Waals surface area contributed by atoms with Gasteiger partial charge in [0.2, 0.25) is 0 Å². The zero-order chi connectivity index (χ0) is 16.5. The van der Waals surface area contributed by atoms with E-state index in [1.807, 2.05) is 45.9 Å². The first-order chi connectivity index (χ1) is 10.2. The molecule has 2 N–H and O–H groups in total. The minimum atomic E-state index is -0.588. The first kappa shape index (κ1) is 16.1. The van der Waals surface area contributed by atoms with Crippen molar-refractivity contribution in [3.05, 3.63) is 35.5 Å². The Hall–Kier alpha value is -2.32. The highest BCUT2D eigenvalue weighted by atomic mass is 16.6. The Labute approximate surface area is 130 Å². The van der Waals surface area contributed by atoms with Crippen LogP contribution in [0, 0.1) is 11.3 Å². The van der Waals surface area contributed by atoms with E-state index in [0.717, 1.165) is 17.4 Å². The average molecular weight is 299 g/mol. The quantitative estimate of drug-likeness (QED) is 0.923. The molecule has 1 atom stereocenters. The number of hydrogen-bond acceptors (Lipinski definition) is 4. The number of carbonyl (C=O) groups excluding carboxylic acids is 1. The highest BCUT2D eigenvalue weighted by Crippen LogP contribution is 2.24. The van der Waals surface area contributed by atoms with E-state index in [1.165, 1.54) is 10.8 Å². The lowest BCUT2D eigenvalue weighted by Gasteiger charge is -2.19. The van der Waals surface area contributed by atoms with Crippen LogP contribution in [0.5, 0.6) is 0 Å². The third-order valence-corrected chi connectivity index (χ3v) is 3.14. The molecule has 2 aromatic rings. The van der Waals surface area contributed by atoms with Gasteiger partial charge in [-0.2, -0.15) is 5.26 Å². The molecule has 0 radical (unpaired) electrons. The van der Waals surface area contributed by atoms with E-state index in [9.17, 15) is 10.1 Å². The summed E-state index contributed by atoms with van der Waals surface area (Å²) in [6, 6.07) is 7.84. The van der Waals surface area contributed by atoms with E-state index in [2.05, 4.69) is 6.07 Å². The molecule has 5 nitrogen and oxygen atoms in total. The van der Waals surface area contributed by atoms with Crippen LogP contribution in [0.1, 0.15) is 38.8 Å². The normalized spacial score (nSPS) is 12.9. The van der Waals surface area contributed by atoms with Gasteiger partial charge in [-0.15, -0.1) is 0 Å². The first-order valence-electron chi connectivity index (χ1n) is 7.24. The highest BCUT2D eigenvalue weighted by molar-refractivity contribution is 5.94. The maximum absolute atomic E-state index is 12.3. The summed E-state index contributed by atoms with van der Waals surface area (Å²) in [6.07, 6.45) is 1.76. The Morgan fingerprint density at radius 3 is 2.68 bits per heavy atom. The summed E-state index contributed by atoms with van der Waals surface area (Å²) in [5, 5.41) is 10.0. The SMILES string of the molecule is CC(N)Cc1ccc2c(c1)c(C#N)cn2C(=O)OC(C)(C)C. The molecular weight excluding hydrogens is 278 g/mol. The number of ether oxygens (including phenoxy) is 1. The zero-order valence-corrected chi connectivity index (χ0v) is 13.4. The van der Waals surface area contributed by atoms with Crippen LogP contribution in [0.3, 0.4) is 0 Å². The van der Waals surface area contributed by atoms with Gasteiger partial charge in [0.05, 0.1) is 11.1 Å². The standard InChI is InChI=1S/C17H21N3O2/c1-11(19)7-12-5-6-15-14(8-12)13(9-18)10-20(15)16(21)22-17(2,3)4/h5-6,8,10-11H,7,19H2,1-4H3. The Bertz CT molecular complexity index is 746. The molecule has 2 rings (SSSR count). The third-order valence-electron chi connectivity index (χ3n) is 3.14. The van der Waals surface area contributed by atoms with Crippen molar-refractivity contribution in [3.8, 4) is 6.07 Å². The van der Waals surface area contributed by atoms with E-state index in [4.69, 9.17) is 10.5 Å². The topological polar surface area (TPSA) is 81.0 Å². The molecule has 5 heteroatoms. The summed E-state index contributed by atoms with van der Waals surface area (Å²) < 4.78 is 6.76. The summed E-state index contributed by atoms with van der Waals surface area (Å²) >= 11 is 0. The lowest BCUT2D eigenvalue weighted by Crippen LogP contribution is -2.26. The van der Waals surface area contributed by atoms with E-state index >= 15 is 0 Å². The van der Waals surface area contributed by atoms with Crippen molar-refractivity contribution in [2.24, 2.45) is 5.73 Å². The van der Waals surface area contributed by atoms with E-state index in [1.54, 1.807) is 0 Å². The molecule has 0 aliphatic heterocycles. The van der Waals surface area contributed by atoms with Crippen LogP contribution >= 0.6 is 0 Å². The lowest BCUT2D eigenvalue weighted by atomic mass is 10.0. The van der Waals surface area contributed by atoms with Crippen LogP contribution in [0.2, 0.25) is 0 Å². The first-order valence-corrected chi connectivity index (χ1v) is 7.24. The minimum absolute atomic E-state index is 0.0379. The van der Waals surface area contributed by atoms with Crippen molar-refractivity contribution in [3.63, 3.8) is 0 Å². The monoisotopic (exact) mass is 299 g/mol. The largest absolute Gasteiger partial charge is 0.443 e. The van der Waals surface area contributed by atoms with Crippen LogP contribution in [0.25, 0.3) is 10.9 Å². The molecule has 0 saturated heterocycles. The van der Waals surface area contributed by atoms with Gasteiger partial charge in [0.1, 0.15) is 11.7 Å². The van der Waals surface area contributed by atoms with Crippen molar-refractivity contribution in [2.45, 2.75) is 45.8 Å². The molecule has 0 amide bonds. The predicted octanol–water partition coefficient (Wildman–Crippen LogP) is 3.19. The summed E-state index contributed by atoms with van der Waals surface area (Å²) in [5.41, 5.74) is 7.39. The second-order valence-corrected chi connectivity index (χ2v) is 6.54. The number of nitriles is 1. The van der Waals surface area contributed by atoms with Gasteiger partial charge in [-0.1, -0.05) is 6.07 Å². The van der Waals surface area contributed by atoms with E-state index in [-0.39, 0.29) is 6.04 Å². The maximum Gasteiger partial charge on any atom is 0.419 e. The van der Waals surface area contributed by atoms with Gasteiger partial charge in [-0.05, 0) is 51.8 Å². The Morgan fingerprint density at radius 2 is 2.14 bits per heavy atom. The van der Waals surface area contributed by atoms with Crippen molar-refractivity contribution in [1.82, 2.24) is 4.57 Å². The fraction of sp³-hybridized carbons (Fsp3) is 0.412. The summed E-state index contributed by atoms with van der Waals surface area (Å²) in [7, 11) is 0. The van der Waals surface area contributed by atoms with Crippen LogP contribution in [-0.2, 0) is 11.2 Å². The van der Waals surface area contributed by atoms with E-state index in [0.29, 0.717) is 11.1 Å². The Kier molecular flexibility index (Phi) is 4.25. The Morgan fingerprint density at radius 1 is 1.45 bits per heavy atom. The molecule has 1 unspecified atom stereocenters. The Balaban J connectivity index is 2.50. The number of aromatic nitrogens is 1. The van der Waals surface area contributed by atoms with Crippen molar-refractivity contribution in [2.75, 3.05) is 0 Å². The maximum atomic E-state index is 12.3. The fourth-order valence-corrected chi connectivity index (χ4v) is 2.33. The molecule has 1 aromatic heterocycles. The van der Waals surface area contributed by atoms with Gasteiger partial charge < -0.3 is 10.5 Å². The molecule has 116 valence electrons.